The van der Waals surface area contributed by atoms with Gasteiger partial charge in [-0.15, -0.1) is 0 Å². The van der Waals surface area contributed by atoms with Gasteiger partial charge in [-0.1, -0.05) is 34.1 Å². The summed E-state index contributed by atoms with van der Waals surface area (Å²) in [6, 6.07) is 0. The molecule has 0 aliphatic rings. The number of carbonyl (C=O) groups is 4. The van der Waals surface area contributed by atoms with Crippen LogP contribution in [-0.4, -0.2) is 35.2 Å². The number of ketones is 1. The molecule has 24 heavy (non-hydrogen) atoms. The van der Waals surface area contributed by atoms with Crippen molar-refractivity contribution in [1.82, 2.24) is 5.32 Å². The maximum atomic E-state index is 11.1. The van der Waals surface area contributed by atoms with E-state index in [-0.39, 0.29) is 30.4 Å². The topological polar surface area (TPSA) is 127 Å². The van der Waals surface area contributed by atoms with Crippen molar-refractivity contribution in [2.24, 2.45) is 5.73 Å². The molecule has 2 amide bonds. The van der Waals surface area contributed by atoms with Crippen molar-refractivity contribution >= 4 is 23.6 Å². The first-order chi connectivity index (χ1) is 11.3. The van der Waals surface area contributed by atoms with E-state index < -0.39 is 5.97 Å². The highest BCUT2D eigenvalue weighted by molar-refractivity contribution is 5.80. The highest BCUT2D eigenvalue weighted by Crippen LogP contribution is 1.99. The molecular weight excluding hydrogens is 312 g/mol. The van der Waals surface area contributed by atoms with E-state index in [1.54, 1.807) is 6.92 Å². The molecule has 0 fully saturated rings. The summed E-state index contributed by atoms with van der Waals surface area (Å²) in [6.45, 7) is 11.4. The molecule has 0 radical (unpaired) electrons. The van der Waals surface area contributed by atoms with E-state index in [0.717, 1.165) is 19.3 Å². The molecule has 144 valence electrons. The molecule has 0 saturated heterocycles. The zero-order chi connectivity index (χ0) is 20.0. The number of nitrogens with two attached hydrogens (primary N) is 1. The van der Waals surface area contributed by atoms with E-state index in [9.17, 15) is 19.2 Å². The van der Waals surface area contributed by atoms with E-state index >= 15 is 0 Å². The van der Waals surface area contributed by atoms with Gasteiger partial charge in [0.05, 0.1) is 6.42 Å². The lowest BCUT2D eigenvalue weighted by molar-refractivity contribution is -0.138. The second kappa shape index (κ2) is 26.0. The molecule has 0 atom stereocenters. The summed E-state index contributed by atoms with van der Waals surface area (Å²) in [6.07, 6.45) is 3.07. The Labute approximate surface area is 146 Å². The number of rotatable bonds is 9. The van der Waals surface area contributed by atoms with Gasteiger partial charge in [0.25, 0.3) is 0 Å². The third kappa shape index (κ3) is 50.1. The lowest BCUT2D eigenvalue weighted by Crippen LogP contribution is -2.24. The first-order valence-corrected chi connectivity index (χ1v) is 8.49. The minimum atomic E-state index is -0.961. The van der Waals surface area contributed by atoms with Crippen molar-refractivity contribution in [1.29, 1.82) is 0 Å². The first kappa shape index (κ1) is 30.0. The van der Waals surface area contributed by atoms with Gasteiger partial charge in [-0.2, -0.15) is 0 Å². The van der Waals surface area contributed by atoms with Gasteiger partial charge in [0.2, 0.25) is 11.8 Å². The van der Waals surface area contributed by atoms with Crippen molar-refractivity contribution in [2.75, 3.05) is 6.54 Å². The molecule has 0 unspecified atom stereocenters. The Hall–Kier alpha value is -1.92. The van der Waals surface area contributed by atoms with Gasteiger partial charge < -0.3 is 21.0 Å². The van der Waals surface area contributed by atoms with E-state index in [4.69, 9.17) is 5.11 Å². The van der Waals surface area contributed by atoms with E-state index in [1.165, 1.54) is 6.92 Å². The molecule has 0 aliphatic heterocycles. The standard InChI is InChI=1S/C11H19NO4.C2H5NO.2C2H6/c1-9(13)5-3-2-4-8-12-10(14)6-7-11(15)16;1-2(3)4;2*1-2/h2-8H2,1H3,(H,12,14)(H,15,16);1H3,(H2,3,4);2*1-2H3. The van der Waals surface area contributed by atoms with Crippen LogP contribution in [0.15, 0.2) is 0 Å². The second-order valence-corrected chi connectivity index (χ2v) is 4.37. The molecule has 7 nitrogen and oxygen atoms in total. The summed E-state index contributed by atoms with van der Waals surface area (Å²) < 4.78 is 0. The summed E-state index contributed by atoms with van der Waals surface area (Å²) in [5.74, 6) is -1.34. The molecule has 0 rings (SSSR count). The van der Waals surface area contributed by atoms with Gasteiger partial charge in [0.15, 0.2) is 0 Å². The maximum absolute atomic E-state index is 11.1. The summed E-state index contributed by atoms with van der Waals surface area (Å²) >= 11 is 0. The Balaban J connectivity index is -0.000000212. The average molecular weight is 348 g/mol. The van der Waals surface area contributed by atoms with Gasteiger partial charge in [0, 0.05) is 26.3 Å². The van der Waals surface area contributed by atoms with Gasteiger partial charge in [-0.05, 0) is 19.8 Å². The molecule has 0 aromatic carbocycles. The van der Waals surface area contributed by atoms with Crippen molar-refractivity contribution in [3.63, 3.8) is 0 Å². The number of primary amides is 1. The lowest BCUT2D eigenvalue weighted by Gasteiger charge is -2.03. The molecule has 0 aromatic rings. The van der Waals surface area contributed by atoms with E-state index in [0.29, 0.717) is 13.0 Å². The highest BCUT2D eigenvalue weighted by atomic mass is 16.4. The number of unbranched alkanes of at least 4 members (excludes halogenated alkanes) is 2. The first-order valence-electron chi connectivity index (χ1n) is 8.49. The second-order valence-electron chi connectivity index (χ2n) is 4.37. The van der Waals surface area contributed by atoms with Crippen LogP contribution >= 0.6 is 0 Å². The van der Waals surface area contributed by atoms with Crippen LogP contribution < -0.4 is 11.1 Å². The summed E-state index contributed by atoms with van der Waals surface area (Å²) in [4.78, 5) is 41.1. The quantitative estimate of drug-likeness (QED) is 0.552. The fourth-order valence-electron chi connectivity index (χ4n) is 1.21. The van der Waals surface area contributed by atoms with Gasteiger partial charge >= 0.3 is 5.97 Å². The van der Waals surface area contributed by atoms with Crippen molar-refractivity contribution in [3.05, 3.63) is 0 Å². The van der Waals surface area contributed by atoms with Crippen LogP contribution in [0.4, 0.5) is 0 Å². The number of amides is 2. The van der Waals surface area contributed by atoms with Gasteiger partial charge in [-0.3, -0.25) is 14.4 Å². The highest BCUT2D eigenvalue weighted by Gasteiger charge is 2.03. The Bertz CT molecular complexity index is 327. The molecule has 0 saturated carbocycles. The van der Waals surface area contributed by atoms with Crippen molar-refractivity contribution < 1.29 is 24.3 Å². The zero-order valence-electron chi connectivity index (χ0n) is 16.1. The average Bonchev–Trinajstić information content (AvgIpc) is 2.52. The normalized spacial score (nSPS) is 8.08. The fraction of sp³-hybridized carbons (Fsp3) is 0.765. The molecular formula is C17H36N2O5. The largest absolute Gasteiger partial charge is 0.481 e. The Morgan fingerprint density at radius 2 is 1.29 bits per heavy atom. The number of hydrogen-bond acceptors (Lipinski definition) is 4. The third-order valence-electron chi connectivity index (χ3n) is 2.09. The summed E-state index contributed by atoms with van der Waals surface area (Å²) in [5, 5.41) is 11.0. The number of Topliss-reactive ketones (excluding diaryl/α,β-unsaturated/α-hetero) is 1. The van der Waals surface area contributed by atoms with Crippen LogP contribution in [0.3, 0.4) is 0 Å². The number of aliphatic carboxylic acids is 1. The Morgan fingerprint density at radius 1 is 0.833 bits per heavy atom. The number of carboxylic acid groups (broad SMARTS) is 1. The van der Waals surface area contributed by atoms with Gasteiger partial charge in [0.1, 0.15) is 5.78 Å². The SMILES string of the molecule is CC.CC.CC(=O)CCCCCNC(=O)CCC(=O)O.CC(N)=O. The smallest absolute Gasteiger partial charge is 0.303 e. The van der Waals surface area contributed by atoms with E-state index in [2.05, 4.69) is 11.1 Å². The van der Waals surface area contributed by atoms with Crippen LogP contribution in [0.25, 0.3) is 0 Å². The minimum Gasteiger partial charge on any atom is -0.481 e. The molecule has 0 aromatic heterocycles. The lowest BCUT2D eigenvalue weighted by atomic mass is 10.1. The Morgan fingerprint density at radius 3 is 1.67 bits per heavy atom. The maximum Gasteiger partial charge on any atom is 0.303 e. The summed E-state index contributed by atoms with van der Waals surface area (Å²) in [5.41, 5.74) is 4.47. The van der Waals surface area contributed by atoms with Crippen molar-refractivity contribution in [3.8, 4) is 0 Å². The number of nitrogens with one attached hydrogen (secondary N) is 1. The predicted molar refractivity (Wildman–Crippen MR) is 96.6 cm³/mol. The molecule has 0 aliphatic carbocycles. The summed E-state index contributed by atoms with van der Waals surface area (Å²) in [7, 11) is 0. The van der Waals surface area contributed by atoms with Crippen LogP contribution in [0.5, 0.6) is 0 Å². The van der Waals surface area contributed by atoms with Crippen LogP contribution in [-0.2, 0) is 19.2 Å². The van der Waals surface area contributed by atoms with Crippen molar-refractivity contribution in [2.45, 2.75) is 80.1 Å². The molecule has 7 heteroatoms. The molecule has 0 heterocycles. The van der Waals surface area contributed by atoms with Gasteiger partial charge in [-0.25, -0.2) is 0 Å². The third-order valence-corrected chi connectivity index (χ3v) is 2.09. The molecule has 4 N–H and O–H groups in total. The minimum absolute atomic E-state index is 0.0305. The number of carbonyl (C=O) groups excluding carboxylic acids is 3. The monoisotopic (exact) mass is 348 g/mol. The van der Waals surface area contributed by atoms with E-state index in [1.807, 2.05) is 27.7 Å². The molecule has 0 spiro atoms. The van der Waals surface area contributed by atoms with Crippen LogP contribution in [0.1, 0.15) is 80.1 Å². The zero-order valence-corrected chi connectivity index (χ0v) is 16.1. The fourth-order valence-corrected chi connectivity index (χ4v) is 1.21. The number of carboxylic acids is 1. The van der Waals surface area contributed by atoms with Crippen LogP contribution in [0, 0.1) is 0 Å². The number of hydrogen-bond donors (Lipinski definition) is 3. The Kier molecular flexibility index (Phi) is 32.5. The predicted octanol–water partition coefficient (Wildman–Crippen LogP) is 2.66. The molecule has 0 bridgehead atoms. The van der Waals surface area contributed by atoms with Crippen LogP contribution in [0.2, 0.25) is 0 Å².